The van der Waals surface area contributed by atoms with Crippen molar-refractivity contribution in [3.8, 4) is 11.3 Å². The number of amides is 1. The Morgan fingerprint density at radius 3 is 2.86 bits per heavy atom. The number of hydrogen-bond acceptors (Lipinski definition) is 3. The first-order valence-corrected chi connectivity index (χ1v) is 6.88. The first-order valence-electron chi connectivity index (χ1n) is 6.88. The highest BCUT2D eigenvalue weighted by molar-refractivity contribution is 5.92. The average Bonchev–Trinajstić information content (AvgIpc) is 2.96. The Bertz CT molecular complexity index is 794. The van der Waals surface area contributed by atoms with E-state index in [2.05, 4.69) is 10.1 Å². The quantitative estimate of drug-likeness (QED) is 0.741. The van der Waals surface area contributed by atoms with Crippen LogP contribution >= 0.6 is 0 Å². The van der Waals surface area contributed by atoms with Crippen molar-refractivity contribution in [3.63, 3.8) is 0 Å². The summed E-state index contributed by atoms with van der Waals surface area (Å²) in [5, 5.41) is 4.30. The number of carbonyl (C=O) groups excluding carboxylic acids is 1. The van der Waals surface area contributed by atoms with E-state index in [1.54, 1.807) is 28.7 Å². The molecular weight excluding hydrogens is 264 g/mol. The van der Waals surface area contributed by atoms with E-state index in [4.69, 9.17) is 0 Å². The third-order valence-corrected chi connectivity index (χ3v) is 3.44. The monoisotopic (exact) mass is 280 g/mol. The van der Waals surface area contributed by atoms with Gasteiger partial charge in [0.05, 0.1) is 11.9 Å². The first kappa shape index (κ1) is 13.3. The van der Waals surface area contributed by atoms with Gasteiger partial charge in [-0.3, -0.25) is 4.79 Å². The lowest BCUT2D eigenvalue weighted by molar-refractivity contribution is -0.116. The van der Waals surface area contributed by atoms with Gasteiger partial charge in [-0.15, -0.1) is 0 Å². The van der Waals surface area contributed by atoms with Crippen LogP contribution in [0.4, 0.5) is 5.69 Å². The van der Waals surface area contributed by atoms with Gasteiger partial charge in [-0.05, 0) is 25.1 Å². The van der Waals surface area contributed by atoms with E-state index in [-0.39, 0.29) is 5.91 Å². The van der Waals surface area contributed by atoms with Gasteiger partial charge in [0.15, 0.2) is 5.65 Å². The van der Waals surface area contributed by atoms with Gasteiger partial charge < -0.3 is 4.90 Å². The van der Waals surface area contributed by atoms with Crippen LogP contribution in [0.3, 0.4) is 0 Å². The molecule has 0 aliphatic heterocycles. The largest absolute Gasteiger partial charge is 0.313 e. The molecule has 3 rings (SSSR count). The Balaban J connectivity index is 2.11. The molecule has 0 N–H and O–H groups in total. The second kappa shape index (κ2) is 5.36. The van der Waals surface area contributed by atoms with Crippen LogP contribution in [0.15, 0.2) is 48.8 Å². The molecule has 0 atom stereocenters. The second-order valence-corrected chi connectivity index (χ2v) is 4.74. The van der Waals surface area contributed by atoms with Crippen LogP contribution in [0.1, 0.15) is 13.8 Å². The molecule has 0 saturated carbocycles. The Labute approximate surface area is 122 Å². The Morgan fingerprint density at radius 1 is 1.24 bits per heavy atom. The molecule has 5 heteroatoms. The molecule has 5 nitrogen and oxygen atoms in total. The van der Waals surface area contributed by atoms with E-state index in [1.165, 1.54) is 0 Å². The number of nitrogens with zero attached hydrogens (tertiary/aromatic N) is 4. The highest BCUT2D eigenvalue weighted by Crippen LogP contribution is 2.24. The maximum absolute atomic E-state index is 11.7. The van der Waals surface area contributed by atoms with E-state index in [1.807, 2.05) is 43.3 Å². The molecular formula is C16H16N4O. The van der Waals surface area contributed by atoms with Crippen LogP contribution in [-0.4, -0.2) is 27.0 Å². The highest BCUT2D eigenvalue weighted by atomic mass is 16.2. The molecule has 106 valence electrons. The van der Waals surface area contributed by atoms with E-state index >= 15 is 0 Å². The molecule has 1 aromatic carbocycles. The summed E-state index contributed by atoms with van der Waals surface area (Å²) >= 11 is 0. The molecule has 0 fully saturated rings. The summed E-state index contributed by atoms with van der Waals surface area (Å²) in [5.41, 5.74) is 3.64. The minimum Gasteiger partial charge on any atom is -0.313 e. The zero-order chi connectivity index (χ0) is 14.8. The van der Waals surface area contributed by atoms with Gasteiger partial charge in [0, 0.05) is 37.0 Å². The van der Waals surface area contributed by atoms with Gasteiger partial charge in [-0.25, -0.2) is 9.50 Å². The van der Waals surface area contributed by atoms with Crippen molar-refractivity contribution in [2.45, 2.75) is 13.8 Å². The smallest absolute Gasteiger partial charge is 0.223 e. The lowest BCUT2D eigenvalue weighted by Gasteiger charge is -2.19. The third-order valence-electron chi connectivity index (χ3n) is 3.44. The number of carbonyl (C=O) groups is 1. The van der Waals surface area contributed by atoms with E-state index in [0.717, 1.165) is 22.6 Å². The van der Waals surface area contributed by atoms with Crippen molar-refractivity contribution >= 4 is 17.2 Å². The Morgan fingerprint density at radius 2 is 2.10 bits per heavy atom. The molecule has 21 heavy (non-hydrogen) atoms. The molecule has 0 aliphatic rings. The Hall–Kier alpha value is -2.69. The van der Waals surface area contributed by atoms with E-state index in [0.29, 0.717) is 6.54 Å². The van der Waals surface area contributed by atoms with Crippen LogP contribution < -0.4 is 4.90 Å². The molecule has 0 aliphatic carbocycles. The fraction of sp³-hybridized carbons (Fsp3) is 0.188. The Kier molecular flexibility index (Phi) is 3.39. The minimum absolute atomic E-state index is 0.0358. The summed E-state index contributed by atoms with van der Waals surface area (Å²) in [6.45, 7) is 4.19. The van der Waals surface area contributed by atoms with Gasteiger partial charge in [-0.1, -0.05) is 12.1 Å². The highest BCUT2D eigenvalue weighted by Gasteiger charge is 2.11. The minimum atomic E-state index is 0.0358. The number of rotatable bonds is 3. The van der Waals surface area contributed by atoms with Crippen molar-refractivity contribution in [2.24, 2.45) is 0 Å². The van der Waals surface area contributed by atoms with Crippen LogP contribution in [0, 0.1) is 0 Å². The van der Waals surface area contributed by atoms with Crippen LogP contribution in [0.2, 0.25) is 0 Å². The van der Waals surface area contributed by atoms with Crippen molar-refractivity contribution < 1.29 is 4.79 Å². The third kappa shape index (κ3) is 2.38. The zero-order valence-corrected chi connectivity index (χ0v) is 12.0. The summed E-state index contributed by atoms with van der Waals surface area (Å²) in [7, 11) is 0. The average molecular weight is 280 g/mol. The lowest BCUT2D eigenvalue weighted by Crippen LogP contribution is -2.27. The molecule has 0 bridgehead atoms. The number of aromatic nitrogens is 3. The van der Waals surface area contributed by atoms with Crippen molar-refractivity contribution in [1.29, 1.82) is 0 Å². The summed E-state index contributed by atoms with van der Waals surface area (Å²) in [4.78, 5) is 17.7. The fourth-order valence-corrected chi connectivity index (χ4v) is 2.47. The van der Waals surface area contributed by atoms with Crippen LogP contribution in [0.25, 0.3) is 16.9 Å². The van der Waals surface area contributed by atoms with Gasteiger partial charge in [-0.2, -0.15) is 5.10 Å². The predicted octanol–water partition coefficient (Wildman–Crippen LogP) is 2.77. The lowest BCUT2D eigenvalue weighted by atomic mass is 10.1. The fourth-order valence-electron chi connectivity index (χ4n) is 2.47. The van der Waals surface area contributed by atoms with E-state index in [9.17, 15) is 4.79 Å². The maximum Gasteiger partial charge on any atom is 0.223 e. The molecule has 2 aromatic heterocycles. The predicted molar refractivity (Wildman–Crippen MR) is 82.1 cm³/mol. The molecule has 3 aromatic rings. The summed E-state index contributed by atoms with van der Waals surface area (Å²) < 4.78 is 1.79. The van der Waals surface area contributed by atoms with Crippen molar-refractivity contribution in [2.75, 3.05) is 11.4 Å². The molecule has 0 saturated heterocycles. The number of fused-ring (bicyclic) bond motifs is 1. The van der Waals surface area contributed by atoms with Crippen molar-refractivity contribution in [1.82, 2.24) is 14.6 Å². The zero-order valence-electron chi connectivity index (χ0n) is 12.0. The number of benzene rings is 1. The maximum atomic E-state index is 11.7. The summed E-state index contributed by atoms with van der Waals surface area (Å²) in [6, 6.07) is 11.7. The van der Waals surface area contributed by atoms with Crippen LogP contribution in [-0.2, 0) is 4.79 Å². The standard InChI is InChI=1S/C16H16N4O/c1-3-19(12(2)21)14-6-4-5-13(11-14)15-7-9-17-16-8-10-18-20(15)16/h4-11H,3H2,1-2H3. The van der Waals surface area contributed by atoms with Gasteiger partial charge in [0.25, 0.3) is 0 Å². The topological polar surface area (TPSA) is 50.5 Å². The van der Waals surface area contributed by atoms with E-state index < -0.39 is 0 Å². The number of hydrogen-bond donors (Lipinski definition) is 0. The first-order chi connectivity index (χ1) is 10.2. The summed E-state index contributed by atoms with van der Waals surface area (Å²) in [5.74, 6) is 0.0358. The van der Waals surface area contributed by atoms with Gasteiger partial charge >= 0.3 is 0 Å². The molecule has 1 amide bonds. The molecule has 2 heterocycles. The summed E-state index contributed by atoms with van der Waals surface area (Å²) in [6.07, 6.45) is 3.49. The van der Waals surface area contributed by atoms with Crippen LogP contribution in [0.5, 0.6) is 0 Å². The number of anilines is 1. The molecule has 0 spiro atoms. The normalized spacial score (nSPS) is 10.8. The SMILES string of the molecule is CCN(C(C)=O)c1cccc(-c2ccnc3ccnn23)c1. The van der Waals surface area contributed by atoms with Gasteiger partial charge in [0.2, 0.25) is 5.91 Å². The second-order valence-electron chi connectivity index (χ2n) is 4.74. The molecule has 0 unspecified atom stereocenters. The van der Waals surface area contributed by atoms with Gasteiger partial charge in [0.1, 0.15) is 0 Å². The van der Waals surface area contributed by atoms with Crippen molar-refractivity contribution in [3.05, 3.63) is 48.8 Å². The molecule has 0 radical (unpaired) electrons.